The Balaban J connectivity index is 2.23. The maximum absolute atomic E-state index is 12.6. The maximum atomic E-state index is 12.6. The van der Waals surface area contributed by atoms with Crippen LogP contribution in [0.2, 0.25) is 0 Å². The van der Waals surface area contributed by atoms with Crippen molar-refractivity contribution in [3.63, 3.8) is 0 Å². The van der Waals surface area contributed by atoms with Crippen LogP contribution in [-0.4, -0.2) is 53.6 Å². The average Bonchev–Trinajstić information content (AvgIpc) is 2.46. The summed E-state index contributed by atoms with van der Waals surface area (Å²) in [6.45, 7) is 3.62. The van der Waals surface area contributed by atoms with Gasteiger partial charge >= 0.3 is 6.18 Å². The third-order valence-corrected chi connectivity index (χ3v) is 3.91. The van der Waals surface area contributed by atoms with Gasteiger partial charge in [-0.15, -0.1) is 0 Å². The first-order chi connectivity index (χ1) is 10.3. The molecule has 2 rings (SSSR count). The van der Waals surface area contributed by atoms with E-state index in [1.165, 1.54) is 19.1 Å². The summed E-state index contributed by atoms with van der Waals surface area (Å²) < 4.78 is 37.9. The lowest BCUT2D eigenvalue weighted by atomic mass is 10.0. The molecule has 0 aromatic heterocycles. The number of aliphatic hydroxyl groups excluding tert-OH is 1. The monoisotopic (exact) mass is 316 g/mol. The van der Waals surface area contributed by atoms with E-state index in [9.17, 15) is 18.0 Å². The molecule has 1 atom stereocenters. The van der Waals surface area contributed by atoms with Crippen LogP contribution in [0.3, 0.4) is 0 Å². The highest BCUT2D eigenvalue weighted by Gasteiger charge is 2.32. The van der Waals surface area contributed by atoms with Crippen molar-refractivity contribution in [2.45, 2.75) is 19.1 Å². The number of piperazine rings is 1. The van der Waals surface area contributed by atoms with E-state index in [-0.39, 0.29) is 18.6 Å². The van der Waals surface area contributed by atoms with E-state index in [1.54, 1.807) is 4.90 Å². The molecule has 122 valence electrons. The van der Waals surface area contributed by atoms with Crippen LogP contribution in [0.5, 0.6) is 0 Å². The van der Waals surface area contributed by atoms with Crippen molar-refractivity contribution in [3.8, 4) is 0 Å². The van der Waals surface area contributed by atoms with Crippen molar-refractivity contribution in [2.75, 3.05) is 32.8 Å². The number of nitrogens with zero attached hydrogens (tertiary/aromatic N) is 2. The summed E-state index contributed by atoms with van der Waals surface area (Å²) in [4.78, 5) is 15.4. The van der Waals surface area contributed by atoms with Crippen LogP contribution < -0.4 is 0 Å². The Morgan fingerprint density at radius 2 is 1.91 bits per heavy atom. The number of hydrogen-bond acceptors (Lipinski definition) is 3. The zero-order chi connectivity index (χ0) is 16.3. The highest BCUT2D eigenvalue weighted by molar-refractivity contribution is 5.74. The molecule has 1 N–H and O–H groups in total. The van der Waals surface area contributed by atoms with Gasteiger partial charge in [0.15, 0.2) is 0 Å². The van der Waals surface area contributed by atoms with Crippen molar-refractivity contribution in [1.82, 2.24) is 9.80 Å². The van der Waals surface area contributed by atoms with Gasteiger partial charge in [0, 0.05) is 33.1 Å². The van der Waals surface area contributed by atoms with Gasteiger partial charge in [-0.2, -0.15) is 13.2 Å². The average molecular weight is 316 g/mol. The third kappa shape index (κ3) is 3.78. The molecule has 7 heteroatoms. The Morgan fingerprint density at radius 3 is 2.41 bits per heavy atom. The summed E-state index contributed by atoms with van der Waals surface area (Å²) in [5.74, 6) is -0.103. The van der Waals surface area contributed by atoms with Gasteiger partial charge in [0.25, 0.3) is 0 Å². The summed E-state index contributed by atoms with van der Waals surface area (Å²) in [5, 5.41) is 9.03. The van der Waals surface area contributed by atoms with Crippen molar-refractivity contribution in [1.29, 1.82) is 0 Å². The van der Waals surface area contributed by atoms with Crippen molar-refractivity contribution in [2.24, 2.45) is 0 Å². The normalized spacial score (nSPS) is 20.2. The zero-order valence-corrected chi connectivity index (χ0v) is 12.3. The SMILES string of the molecule is CC(=O)N1CCN(CCO)C[C@@H]1c1ccc(C(F)(F)F)cc1. The van der Waals surface area contributed by atoms with Gasteiger partial charge in [-0.25, -0.2) is 0 Å². The standard InChI is InChI=1S/C15H19F3N2O2/c1-11(22)20-7-6-19(8-9-21)10-14(20)12-2-4-13(5-3-12)15(16,17)18/h2-5,14,21H,6-10H2,1H3/t14-/m1/s1. The molecule has 1 fully saturated rings. The van der Waals surface area contributed by atoms with E-state index < -0.39 is 11.7 Å². The zero-order valence-electron chi connectivity index (χ0n) is 12.3. The lowest BCUT2D eigenvalue weighted by Gasteiger charge is -2.41. The van der Waals surface area contributed by atoms with Crippen LogP contribution in [0.1, 0.15) is 24.1 Å². The van der Waals surface area contributed by atoms with E-state index >= 15 is 0 Å². The van der Waals surface area contributed by atoms with E-state index in [1.807, 2.05) is 4.90 Å². The summed E-state index contributed by atoms with van der Waals surface area (Å²) in [6.07, 6.45) is -4.37. The fourth-order valence-electron chi connectivity index (χ4n) is 2.74. The highest BCUT2D eigenvalue weighted by atomic mass is 19.4. The summed E-state index contributed by atoms with van der Waals surface area (Å²) in [7, 11) is 0. The van der Waals surface area contributed by atoms with Crippen LogP contribution in [0.25, 0.3) is 0 Å². The van der Waals surface area contributed by atoms with Crippen molar-refractivity contribution < 1.29 is 23.1 Å². The number of amides is 1. The Morgan fingerprint density at radius 1 is 1.27 bits per heavy atom. The number of hydrogen-bond donors (Lipinski definition) is 1. The predicted octanol–water partition coefficient (Wildman–Crippen LogP) is 1.90. The van der Waals surface area contributed by atoms with Crippen molar-refractivity contribution >= 4 is 5.91 Å². The number of carbonyl (C=O) groups excluding carboxylic acids is 1. The van der Waals surface area contributed by atoms with Gasteiger partial charge in [-0.1, -0.05) is 12.1 Å². The summed E-state index contributed by atoms with van der Waals surface area (Å²) in [6, 6.07) is 4.63. The first-order valence-electron chi connectivity index (χ1n) is 7.10. The first kappa shape index (κ1) is 16.8. The fourth-order valence-corrected chi connectivity index (χ4v) is 2.74. The van der Waals surface area contributed by atoms with Gasteiger partial charge in [0.2, 0.25) is 5.91 Å². The molecule has 1 heterocycles. The molecule has 0 saturated carbocycles. The molecule has 22 heavy (non-hydrogen) atoms. The fraction of sp³-hybridized carbons (Fsp3) is 0.533. The van der Waals surface area contributed by atoms with Gasteiger partial charge < -0.3 is 10.0 Å². The molecule has 1 aromatic carbocycles. The quantitative estimate of drug-likeness (QED) is 0.926. The van der Waals surface area contributed by atoms with E-state index in [2.05, 4.69) is 0 Å². The van der Waals surface area contributed by atoms with Crippen LogP contribution in [0.4, 0.5) is 13.2 Å². The molecule has 1 aromatic rings. The Labute approximate surface area is 127 Å². The second kappa shape index (κ2) is 6.66. The largest absolute Gasteiger partial charge is 0.416 e. The number of carbonyl (C=O) groups is 1. The number of halogens is 3. The number of alkyl halides is 3. The highest BCUT2D eigenvalue weighted by Crippen LogP contribution is 2.31. The molecule has 0 aliphatic carbocycles. The molecule has 0 radical (unpaired) electrons. The molecule has 0 bridgehead atoms. The van der Waals surface area contributed by atoms with E-state index in [0.717, 1.165) is 12.1 Å². The number of β-amino-alcohol motifs (C(OH)–C–C–N with tert-alkyl or cyclic N) is 1. The molecule has 1 aliphatic heterocycles. The van der Waals surface area contributed by atoms with Crippen LogP contribution in [0.15, 0.2) is 24.3 Å². The van der Waals surface area contributed by atoms with E-state index in [4.69, 9.17) is 5.11 Å². The smallest absolute Gasteiger partial charge is 0.395 e. The van der Waals surface area contributed by atoms with Gasteiger partial charge in [0.05, 0.1) is 18.2 Å². The minimum absolute atomic E-state index is 0.0137. The van der Waals surface area contributed by atoms with E-state index in [0.29, 0.717) is 31.7 Å². The second-order valence-corrected chi connectivity index (χ2v) is 5.37. The van der Waals surface area contributed by atoms with Gasteiger partial charge in [-0.3, -0.25) is 9.69 Å². The second-order valence-electron chi connectivity index (χ2n) is 5.37. The maximum Gasteiger partial charge on any atom is 0.416 e. The molecule has 1 amide bonds. The lowest BCUT2D eigenvalue weighted by molar-refractivity contribution is -0.138. The van der Waals surface area contributed by atoms with Crippen molar-refractivity contribution in [3.05, 3.63) is 35.4 Å². The summed E-state index contributed by atoms with van der Waals surface area (Å²) in [5.41, 5.74) is -0.0283. The Bertz CT molecular complexity index is 517. The Kier molecular flexibility index (Phi) is 5.08. The molecule has 1 aliphatic rings. The Hall–Kier alpha value is -1.60. The number of rotatable bonds is 3. The molecule has 1 saturated heterocycles. The minimum atomic E-state index is -4.37. The molecular formula is C15H19F3N2O2. The lowest BCUT2D eigenvalue weighted by Crippen LogP contribution is -2.50. The molecule has 0 spiro atoms. The molecule has 4 nitrogen and oxygen atoms in total. The third-order valence-electron chi connectivity index (χ3n) is 3.91. The molecular weight excluding hydrogens is 297 g/mol. The van der Waals surface area contributed by atoms with Gasteiger partial charge in [0.1, 0.15) is 0 Å². The summed E-state index contributed by atoms with van der Waals surface area (Å²) >= 11 is 0. The number of benzene rings is 1. The first-order valence-corrected chi connectivity index (χ1v) is 7.10. The molecule has 0 unspecified atom stereocenters. The minimum Gasteiger partial charge on any atom is -0.395 e. The predicted molar refractivity (Wildman–Crippen MR) is 75.1 cm³/mol. The topological polar surface area (TPSA) is 43.8 Å². The van der Waals surface area contributed by atoms with Crippen LogP contribution in [-0.2, 0) is 11.0 Å². The van der Waals surface area contributed by atoms with Crippen LogP contribution >= 0.6 is 0 Å². The van der Waals surface area contributed by atoms with Crippen LogP contribution in [0, 0.1) is 0 Å². The van der Waals surface area contributed by atoms with Gasteiger partial charge in [-0.05, 0) is 17.7 Å². The number of aliphatic hydroxyl groups is 1.